The first-order valence-electron chi connectivity index (χ1n) is 8.89. The van der Waals surface area contributed by atoms with E-state index < -0.39 is 6.03 Å². The summed E-state index contributed by atoms with van der Waals surface area (Å²) in [6.45, 7) is 7.54. The summed E-state index contributed by atoms with van der Waals surface area (Å²) in [6.07, 6.45) is 3.49. The Morgan fingerprint density at radius 2 is 1.89 bits per heavy atom. The molecule has 0 atom stereocenters. The van der Waals surface area contributed by atoms with Crippen LogP contribution < -0.4 is 22.1 Å². The zero-order valence-corrected chi connectivity index (χ0v) is 16.4. The highest BCUT2D eigenvalue weighted by molar-refractivity contribution is 5.90. The number of rotatable bonds is 7. The number of anilines is 1. The van der Waals surface area contributed by atoms with Crippen molar-refractivity contribution in [2.45, 2.75) is 32.9 Å². The van der Waals surface area contributed by atoms with Crippen molar-refractivity contribution in [2.75, 3.05) is 18.5 Å². The lowest BCUT2D eigenvalue weighted by atomic mass is 10.1. The summed E-state index contributed by atoms with van der Waals surface area (Å²) in [4.78, 5) is 23.6. The summed E-state index contributed by atoms with van der Waals surface area (Å²) in [5.41, 5.74) is 12.9. The second-order valence-corrected chi connectivity index (χ2v) is 7.08. The van der Waals surface area contributed by atoms with Gasteiger partial charge in [-0.15, -0.1) is 0 Å². The van der Waals surface area contributed by atoms with Crippen LogP contribution in [0.15, 0.2) is 41.7 Å². The van der Waals surface area contributed by atoms with E-state index >= 15 is 0 Å². The van der Waals surface area contributed by atoms with Crippen LogP contribution in [0.3, 0.4) is 0 Å². The van der Waals surface area contributed by atoms with Gasteiger partial charge < -0.3 is 26.8 Å². The highest BCUT2D eigenvalue weighted by Crippen LogP contribution is 2.19. The normalized spacial score (nSPS) is 11.0. The van der Waals surface area contributed by atoms with Crippen molar-refractivity contribution in [2.24, 2.45) is 16.5 Å². The van der Waals surface area contributed by atoms with Crippen molar-refractivity contribution in [1.82, 2.24) is 15.3 Å². The SMILES string of the molecule is CC(C)(C)OCCNc1ncc(-c2cccc(CNC(=O)N=C(N)N)c2)cn1. The minimum absolute atomic E-state index is 0.167. The number of hydrogen-bond acceptors (Lipinski definition) is 5. The second kappa shape index (κ2) is 9.65. The van der Waals surface area contributed by atoms with E-state index in [1.54, 1.807) is 12.4 Å². The first-order valence-corrected chi connectivity index (χ1v) is 8.89. The highest BCUT2D eigenvalue weighted by Gasteiger charge is 2.09. The fourth-order valence-electron chi connectivity index (χ4n) is 2.28. The van der Waals surface area contributed by atoms with E-state index in [0.29, 0.717) is 25.6 Å². The van der Waals surface area contributed by atoms with Crippen molar-refractivity contribution in [1.29, 1.82) is 0 Å². The average molecular weight is 385 g/mol. The lowest BCUT2D eigenvalue weighted by Gasteiger charge is -2.19. The van der Waals surface area contributed by atoms with E-state index in [1.807, 2.05) is 45.0 Å². The highest BCUT2D eigenvalue weighted by atomic mass is 16.5. The first-order chi connectivity index (χ1) is 13.2. The Bertz CT molecular complexity index is 810. The van der Waals surface area contributed by atoms with Crippen LogP contribution in [0.25, 0.3) is 11.1 Å². The van der Waals surface area contributed by atoms with Crippen molar-refractivity contribution in [3.8, 4) is 11.1 Å². The van der Waals surface area contributed by atoms with Crippen LogP contribution >= 0.6 is 0 Å². The second-order valence-electron chi connectivity index (χ2n) is 7.08. The number of ether oxygens (including phenoxy) is 1. The summed E-state index contributed by atoms with van der Waals surface area (Å²) >= 11 is 0. The van der Waals surface area contributed by atoms with Crippen molar-refractivity contribution >= 4 is 17.9 Å². The van der Waals surface area contributed by atoms with E-state index in [-0.39, 0.29) is 11.6 Å². The number of carbonyl (C=O) groups excluding carboxylic acids is 1. The summed E-state index contributed by atoms with van der Waals surface area (Å²) in [7, 11) is 0. The zero-order chi connectivity index (χ0) is 20.6. The van der Waals surface area contributed by atoms with Gasteiger partial charge in [0, 0.05) is 31.0 Å². The largest absolute Gasteiger partial charge is 0.374 e. The van der Waals surface area contributed by atoms with Crippen LogP contribution in [-0.2, 0) is 11.3 Å². The maximum Gasteiger partial charge on any atom is 0.344 e. The number of nitrogens with one attached hydrogen (secondary N) is 2. The first kappa shape index (κ1) is 21.1. The van der Waals surface area contributed by atoms with Crippen LogP contribution in [0.4, 0.5) is 10.7 Å². The molecule has 1 heterocycles. The molecule has 150 valence electrons. The third-order valence-electron chi connectivity index (χ3n) is 3.51. The van der Waals surface area contributed by atoms with Gasteiger partial charge in [0.2, 0.25) is 5.95 Å². The van der Waals surface area contributed by atoms with Gasteiger partial charge in [-0.2, -0.15) is 4.99 Å². The monoisotopic (exact) mass is 385 g/mol. The third-order valence-corrected chi connectivity index (χ3v) is 3.51. The number of amides is 2. The van der Waals surface area contributed by atoms with E-state index in [0.717, 1.165) is 16.7 Å². The lowest BCUT2D eigenvalue weighted by molar-refractivity contribution is 0.00328. The number of nitrogens with two attached hydrogens (primary N) is 2. The third kappa shape index (κ3) is 7.58. The number of hydrogen-bond donors (Lipinski definition) is 4. The molecule has 0 fully saturated rings. The molecule has 0 bridgehead atoms. The zero-order valence-electron chi connectivity index (χ0n) is 16.4. The molecule has 0 spiro atoms. The fourth-order valence-corrected chi connectivity index (χ4v) is 2.28. The van der Waals surface area contributed by atoms with E-state index in [2.05, 4.69) is 25.6 Å². The summed E-state index contributed by atoms with van der Waals surface area (Å²) in [6, 6.07) is 7.10. The number of urea groups is 1. The van der Waals surface area contributed by atoms with Gasteiger partial charge >= 0.3 is 6.03 Å². The molecule has 0 aliphatic rings. The molecule has 28 heavy (non-hydrogen) atoms. The summed E-state index contributed by atoms with van der Waals surface area (Å²) < 4.78 is 5.65. The fraction of sp³-hybridized carbons (Fsp3) is 0.368. The molecular formula is C19H27N7O2. The smallest absolute Gasteiger partial charge is 0.344 e. The summed E-state index contributed by atoms with van der Waals surface area (Å²) in [5, 5.41) is 5.75. The van der Waals surface area contributed by atoms with Gasteiger partial charge in [0.25, 0.3) is 0 Å². The van der Waals surface area contributed by atoms with E-state index in [1.165, 1.54) is 0 Å². The van der Waals surface area contributed by atoms with Crippen LogP contribution in [-0.4, -0.2) is 40.7 Å². The van der Waals surface area contributed by atoms with E-state index in [4.69, 9.17) is 16.2 Å². The molecule has 0 saturated carbocycles. The molecule has 6 N–H and O–H groups in total. The Hall–Kier alpha value is -3.20. The molecule has 0 aliphatic heterocycles. The van der Waals surface area contributed by atoms with E-state index in [9.17, 15) is 4.79 Å². The van der Waals surface area contributed by atoms with Gasteiger partial charge in [-0.3, -0.25) is 0 Å². The number of aliphatic imine (C=N–C) groups is 1. The molecule has 2 aromatic rings. The minimum atomic E-state index is -0.584. The molecule has 0 aliphatic carbocycles. The van der Waals surface area contributed by atoms with Crippen molar-refractivity contribution < 1.29 is 9.53 Å². The Kier molecular flexibility index (Phi) is 7.28. The standard InChI is InChI=1S/C19H27N7O2/c1-19(2,3)28-8-7-22-17-23-11-15(12-24-17)14-6-4-5-13(9-14)10-25-18(27)26-16(20)21/h4-6,9,11-12H,7-8,10H2,1-3H3,(H,22,23,24)(H5,20,21,25,26,27). The molecular weight excluding hydrogens is 358 g/mol. The predicted molar refractivity (Wildman–Crippen MR) is 110 cm³/mol. The Labute approximate surface area is 164 Å². The van der Waals surface area contributed by atoms with Gasteiger partial charge in [-0.1, -0.05) is 18.2 Å². The molecule has 0 saturated heterocycles. The van der Waals surface area contributed by atoms with Gasteiger partial charge in [0.05, 0.1) is 12.2 Å². The molecule has 0 unspecified atom stereocenters. The molecule has 9 nitrogen and oxygen atoms in total. The Balaban J connectivity index is 1.92. The topological polar surface area (TPSA) is 141 Å². The molecule has 1 aromatic heterocycles. The Morgan fingerprint density at radius 3 is 2.54 bits per heavy atom. The quantitative estimate of drug-likeness (QED) is 0.324. The Morgan fingerprint density at radius 1 is 1.18 bits per heavy atom. The summed E-state index contributed by atoms with van der Waals surface area (Å²) in [5.74, 6) is 0.268. The number of aromatic nitrogens is 2. The molecule has 0 radical (unpaired) electrons. The van der Waals surface area contributed by atoms with Gasteiger partial charge in [-0.05, 0) is 38.0 Å². The van der Waals surface area contributed by atoms with Gasteiger partial charge in [0.1, 0.15) is 0 Å². The van der Waals surface area contributed by atoms with Crippen LogP contribution in [0, 0.1) is 0 Å². The minimum Gasteiger partial charge on any atom is -0.374 e. The lowest BCUT2D eigenvalue weighted by Crippen LogP contribution is -2.28. The number of nitrogens with zero attached hydrogens (tertiary/aromatic N) is 3. The van der Waals surface area contributed by atoms with Crippen LogP contribution in [0.2, 0.25) is 0 Å². The maximum atomic E-state index is 11.5. The van der Waals surface area contributed by atoms with Gasteiger partial charge in [0.15, 0.2) is 5.96 Å². The predicted octanol–water partition coefficient (Wildman–Crippen LogP) is 1.85. The number of benzene rings is 1. The van der Waals surface area contributed by atoms with Crippen LogP contribution in [0.1, 0.15) is 26.3 Å². The average Bonchev–Trinajstić information content (AvgIpc) is 2.63. The molecule has 1 aromatic carbocycles. The van der Waals surface area contributed by atoms with Crippen molar-refractivity contribution in [3.63, 3.8) is 0 Å². The number of guanidine groups is 1. The van der Waals surface area contributed by atoms with Gasteiger partial charge in [-0.25, -0.2) is 14.8 Å². The van der Waals surface area contributed by atoms with Crippen LogP contribution in [0.5, 0.6) is 0 Å². The molecule has 2 rings (SSSR count). The number of carbonyl (C=O) groups is 1. The molecule has 9 heteroatoms. The molecule has 2 amide bonds. The van der Waals surface area contributed by atoms with Crippen molar-refractivity contribution in [3.05, 3.63) is 42.2 Å². The maximum absolute atomic E-state index is 11.5.